The summed E-state index contributed by atoms with van der Waals surface area (Å²) in [4.78, 5) is 40.2. The van der Waals surface area contributed by atoms with Gasteiger partial charge in [-0.2, -0.15) is 0 Å². The number of pyridine rings is 1. The van der Waals surface area contributed by atoms with Crippen LogP contribution in [0.3, 0.4) is 0 Å². The van der Waals surface area contributed by atoms with Gasteiger partial charge in [0.15, 0.2) is 5.15 Å². The van der Waals surface area contributed by atoms with Crippen molar-refractivity contribution in [3.8, 4) is 5.75 Å². The molecule has 0 aliphatic carbocycles. The predicted molar refractivity (Wildman–Crippen MR) is 161 cm³/mol. The molecule has 1 aliphatic heterocycles. The van der Waals surface area contributed by atoms with Gasteiger partial charge in [-0.25, -0.2) is 19.7 Å². The number of hydrogen-bond acceptors (Lipinski definition) is 10. The number of ether oxygens (including phenoxy) is 2. The van der Waals surface area contributed by atoms with Crippen LogP contribution in [0.1, 0.15) is 55.2 Å². The van der Waals surface area contributed by atoms with E-state index in [0.717, 1.165) is 11.3 Å². The Morgan fingerprint density at radius 2 is 1.79 bits per heavy atom. The maximum atomic E-state index is 13.3. The number of hydrogen-bond donors (Lipinski definition) is 3. The van der Waals surface area contributed by atoms with Gasteiger partial charge in [-0.3, -0.25) is 4.79 Å². The molecular formula is C29H34Cl2N6O5. The van der Waals surface area contributed by atoms with Crippen LogP contribution in [0.4, 0.5) is 16.4 Å². The van der Waals surface area contributed by atoms with Gasteiger partial charge in [0.05, 0.1) is 18.3 Å². The maximum absolute atomic E-state index is 13.3. The quantitative estimate of drug-likeness (QED) is 0.285. The summed E-state index contributed by atoms with van der Waals surface area (Å²) in [6.07, 6.45) is 3.06. The largest absolute Gasteiger partial charge is 0.497 e. The second kappa shape index (κ2) is 13.1. The van der Waals surface area contributed by atoms with Gasteiger partial charge < -0.3 is 30.1 Å². The van der Waals surface area contributed by atoms with E-state index in [1.54, 1.807) is 7.11 Å². The fraction of sp³-hybridized carbons (Fsp3) is 0.414. The van der Waals surface area contributed by atoms with Gasteiger partial charge in [-0.15, -0.1) is 0 Å². The lowest BCUT2D eigenvalue weighted by Gasteiger charge is -2.38. The number of nitrogens with zero attached hydrogens (tertiary/aromatic N) is 4. The average Bonchev–Trinajstić information content (AvgIpc) is 2.95. The first-order valence-electron chi connectivity index (χ1n) is 13.4. The van der Waals surface area contributed by atoms with Gasteiger partial charge >= 0.3 is 6.09 Å². The molecule has 13 heteroatoms. The number of ketones is 1. The molecule has 224 valence electrons. The number of anilines is 2. The zero-order valence-electron chi connectivity index (χ0n) is 23.9. The highest BCUT2D eigenvalue weighted by Gasteiger charge is 2.35. The molecule has 0 spiro atoms. The molecule has 0 bridgehead atoms. The van der Waals surface area contributed by atoms with Crippen molar-refractivity contribution in [1.29, 1.82) is 0 Å². The van der Waals surface area contributed by atoms with Crippen LogP contribution in [0.2, 0.25) is 10.2 Å². The lowest BCUT2D eigenvalue weighted by Crippen LogP contribution is -2.49. The first kappa shape index (κ1) is 31.3. The van der Waals surface area contributed by atoms with E-state index in [1.165, 1.54) is 18.5 Å². The van der Waals surface area contributed by atoms with E-state index >= 15 is 0 Å². The molecular weight excluding hydrogens is 583 g/mol. The summed E-state index contributed by atoms with van der Waals surface area (Å²) >= 11 is 13.0. The topological polar surface area (TPSA) is 139 Å². The van der Waals surface area contributed by atoms with Gasteiger partial charge in [-0.05, 0) is 57.4 Å². The number of halogens is 2. The SMILES string of the molecule is COc1ccc(CNc2nccc(C(=O)c3ncc(N4CCC(O)(COC(=O)NC(C)(C)C)CC4)nc3Cl)c2Cl)cc1. The minimum atomic E-state index is -1.16. The van der Waals surface area contributed by atoms with Crippen molar-refractivity contribution in [2.45, 2.75) is 51.3 Å². The molecule has 0 saturated carbocycles. The van der Waals surface area contributed by atoms with Gasteiger partial charge in [-0.1, -0.05) is 35.3 Å². The molecule has 0 radical (unpaired) electrons. The van der Waals surface area contributed by atoms with Gasteiger partial charge in [0.1, 0.15) is 35.3 Å². The van der Waals surface area contributed by atoms with E-state index < -0.39 is 23.0 Å². The normalized spacial score (nSPS) is 14.7. The smallest absolute Gasteiger partial charge is 0.407 e. The number of carbonyl (C=O) groups excluding carboxylic acids is 2. The minimum Gasteiger partial charge on any atom is -0.497 e. The molecule has 1 fully saturated rings. The number of alkyl carbamates (subject to hydrolysis) is 1. The van der Waals surface area contributed by atoms with Crippen molar-refractivity contribution in [2.75, 3.05) is 37.0 Å². The highest BCUT2D eigenvalue weighted by Crippen LogP contribution is 2.30. The van der Waals surface area contributed by atoms with Crippen LogP contribution in [0.5, 0.6) is 5.75 Å². The van der Waals surface area contributed by atoms with Crippen LogP contribution in [0, 0.1) is 0 Å². The number of aromatic nitrogens is 3. The number of rotatable bonds is 9. The third-order valence-electron chi connectivity index (χ3n) is 6.65. The van der Waals surface area contributed by atoms with Crippen LogP contribution in [-0.4, -0.2) is 69.9 Å². The lowest BCUT2D eigenvalue weighted by atomic mass is 9.92. The molecule has 42 heavy (non-hydrogen) atoms. The van der Waals surface area contributed by atoms with Gasteiger partial charge in [0.25, 0.3) is 0 Å². The van der Waals surface area contributed by atoms with E-state index in [4.69, 9.17) is 32.7 Å². The molecule has 0 unspecified atom stereocenters. The number of methoxy groups -OCH3 is 1. The molecule has 1 aromatic carbocycles. The summed E-state index contributed by atoms with van der Waals surface area (Å²) in [6, 6.07) is 9.03. The number of amides is 1. The van der Waals surface area contributed by atoms with E-state index in [0.29, 0.717) is 44.1 Å². The zero-order chi connectivity index (χ0) is 30.5. The number of aliphatic hydroxyl groups is 1. The van der Waals surface area contributed by atoms with Crippen molar-refractivity contribution in [2.24, 2.45) is 0 Å². The summed E-state index contributed by atoms with van der Waals surface area (Å²) in [5.74, 6) is 1.07. The highest BCUT2D eigenvalue weighted by atomic mass is 35.5. The standard InChI is InChI=1S/C29H34Cl2N6O5/c1-28(2,3)36-27(39)42-17-29(40)10-13-37(14-11-29)21-16-33-23(25(31)35-21)24(38)20-9-12-32-26(22(20)30)34-15-18-5-7-19(41-4)8-6-18/h5-9,12,16,40H,10-11,13-15,17H2,1-4H3,(H,32,34)(H,36,39). The van der Waals surface area contributed by atoms with Crippen molar-refractivity contribution in [1.82, 2.24) is 20.3 Å². The predicted octanol–water partition coefficient (Wildman–Crippen LogP) is 4.89. The summed E-state index contributed by atoms with van der Waals surface area (Å²) in [7, 11) is 1.60. The van der Waals surface area contributed by atoms with Crippen molar-refractivity contribution < 1.29 is 24.2 Å². The fourth-order valence-electron chi connectivity index (χ4n) is 4.30. The van der Waals surface area contributed by atoms with Crippen LogP contribution in [0.25, 0.3) is 0 Å². The second-order valence-corrected chi connectivity index (χ2v) is 11.8. The molecule has 2 aromatic heterocycles. The zero-order valence-corrected chi connectivity index (χ0v) is 25.4. The molecule has 1 amide bonds. The molecule has 3 heterocycles. The van der Waals surface area contributed by atoms with E-state index in [2.05, 4.69) is 25.6 Å². The van der Waals surface area contributed by atoms with E-state index in [1.807, 2.05) is 49.9 Å². The Morgan fingerprint density at radius 3 is 2.40 bits per heavy atom. The Morgan fingerprint density at radius 1 is 1.10 bits per heavy atom. The van der Waals surface area contributed by atoms with Crippen LogP contribution in [-0.2, 0) is 11.3 Å². The Bertz CT molecular complexity index is 1420. The Kier molecular flexibility index (Phi) is 9.75. The van der Waals surface area contributed by atoms with Gasteiger partial charge in [0, 0.05) is 36.9 Å². The molecule has 3 aromatic rings. The Hall–Kier alpha value is -3.67. The molecule has 4 rings (SSSR count). The third kappa shape index (κ3) is 7.99. The summed E-state index contributed by atoms with van der Waals surface area (Å²) in [5, 5.41) is 16.8. The average molecular weight is 618 g/mol. The molecule has 3 N–H and O–H groups in total. The fourth-order valence-corrected chi connectivity index (χ4v) is 4.79. The summed E-state index contributed by atoms with van der Waals surface area (Å²) < 4.78 is 10.4. The van der Waals surface area contributed by atoms with Crippen molar-refractivity contribution in [3.05, 3.63) is 69.7 Å². The van der Waals surface area contributed by atoms with Crippen molar-refractivity contribution >= 4 is 46.7 Å². The van der Waals surface area contributed by atoms with Gasteiger partial charge in [0.2, 0.25) is 5.78 Å². The monoisotopic (exact) mass is 616 g/mol. The number of benzene rings is 1. The van der Waals surface area contributed by atoms with Crippen LogP contribution in [0.15, 0.2) is 42.7 Å². The lowest BCUT2D eigenvalue weighted by molar-refractivity contribution is -0.0393. The van der Waals surface area contributed by atoms with Crippen molar-refractivity contribution in [3.63, 3.8) is 0 Å². The van der Waals surface area contributed by atoms with Crippen LogP contribution < -0.4 is 20.3 Å². The Balaban J connectivity index is 1.38. The number of nitrogens with one attached hydrogen (secondary N) is 2. The first-order valence-corrected chi connectivity index (χ1v) is 14.1. The summed E-state index contributed by atoms with van der Waals surface area (Å²) in [6.45, 7) is 6.71. The summed E-state index contributed by atoms with van der Waals surface area (Å²) in [5.41, 5.74) is -0.470. The molecule has 0 atom stereocenters. The Labute approximate surface area is 254 Å². The number of carbonyl (C=O) groups is 2. The van der Waals surface area contributed by atoms with Crippen LogP contribution >= 0.6 is 23.2 Å². The minimum absolute atomic E-state index is 0.0404. The molecule has 11 nitrogen and oxygen atoms in total. The second-order valence-electron chi connectivity index (χ2n) is 11.1. The molecule has 1 saturated heterocycles. The third-order valence-corrected chi connectivity index (χ3v) is 7.30. The van der Waals surface area contributed by atoms with E-state index in [-0.39, 0.29) is 28.0 Å². The van der Waals surface area contributed by atoms with E-state index in [9.17, 15) is 14.7 Å². The highest BCUT2D eigenvalue weighted by molar-refractivity contribution is 6.38. The molecule has 1 aliphatic rings. The maximum Gasteiger partial charge on any atom is 0.407 e. The first-order chi connectivity index (χ1) is 19.9. The number of piperidine rings is 1.